The van der Waals surface area contributed by atoms with Crippen LogP contribution in [0.3, 0.4) is 0 Å². The van der Waals surface area contributed by atoms with Crippen LogP contribution in [0.15, 0.2) is 72.8 Å². The van der Waals surface area contributed by atoms with E-state index in [4.69, 9.17) is 21.1 Å². The van der Waals surface area contributed by atoms with E-state index in [1.807, 2.05) is 49.4 Å². The summed E-state index contributed by atoms with van der Waals surface area (Å²) in [5.41, 5.74) is 2.14. The Labute approximate surface area is 265 Å². The first-order valence-electron chi connectivity index (χ1n) is 14.9. The standard InChI is InChI=1S/C33H40ClN3O6S/c1-3-4-17-35-33(39)29(22-25-10-6-5-7-11-25)36(24-26-12-8-13-27(34)21-26)32(38)14-9-18-37(44(2,40)41)28-15-16-30-31(23-28)43-20-19-42-30/h5-8,10-13,15-16,21,23,29H,3-4,9,14,17-20,22,24H2,1-2H3,(H,35,39)/t29-/m1/s1. The molecule has 0 bridgehead atoms. The van der Waals surface area contributed by atoms with Gasteiger partial charge in [-0.2, -0.15) is 0 Å². The Hall–Kier alpha value is -3.76. The molecule has 1 aliphatic rings. The normalized spacial score (nSPS) is 13.2. The molecule has 2 amide bonds. The Morgan fingerprint density at radius 3 is 2.36 bits per heavy atom. The summed E-state index contributed by atoms with van der Waals surface area (Å²) in [6, 6.07) is 21.0. The number of amides is 2. The molecule has 1 heterocycles. The van der Waals surface area contributed by atoms with Crippen LogP contribution in [0.4, 0.5) is 5.69 Å². The van der Waals surface area contributed by atoms with Crippen molar-refractivity contribution in [2.45, 2.75) is 51.6 Å². The predicted molar refractivity (Wildman–Crippen MR) is 173 cm³/mol. The van der Waals surface area contributed by atoms with Gasteiger partial charge < -0.3 is 19.7 Å². The highest BCUT2D eigenvalue weighted by Gasteiger charge is 2.30. The Balaban J connectivity index is 1.56. The van der Waals surface area contributed by atoms with Crippen molar-refractivity contribution in [3.63, 3.8) is 0 Å². The maximum atomic E-state index is 14.0. The number of fused-ring (bicyclic) bond motifs is 1. The smallest absolute Gasteiger partial charge is 0.243 e. The van der Waals surface area contributed by atoms with E-state index in [1.54, 1.807) is 35.2 Å². The maximum absolute atomic E-state index is 14.0. The van der Waals surface area contributed by atoms with Gasteiger partial charge in [0.1, 0.15) is 19.3 Å². The molecule has 0 saturated carbocycles. The number of rotatable bonds is 15. The zero-order valence-corrected chi connectivity index (χ0v) is 26.8. The number of hydrogen-bond acceptors (Lipinski definition) is 6. The summed E-state index contributed by atoms with van der Waals surface area (Å²) < 4.78 is 38.1. The lowest BCUT2D eigenvalue weighted by molar-refractivity contribution is -0.141. The predicted octanol–water partition coefficient (Wildman–Crippen LogP) is 5.21. The van der Waals surface area contributed by atoms with Crippen LogP contribution in [0, 0.1) is 0 Å². The lowest BCUT2D eigenvalue weighted by atomic mass is 10.0. The van der Waals surface area contributed by atoms with Gasteiger partial charge in [-0.15, -0.1) is 0 Å². The molecule has 0 aromatic heterocycles. The Bertz CT molecular complexity index is 1520. The van der Waals surface area contributed by atoms with Gasteiger partial charge in [-0.05, 0) is 48.2 Å². The molecule has 0 aliphatic carbocycles. The maximum Gasteiger partial charge on any atom is 0.243 e. The summed E-state index contributed by atoms with van der Waals surface area (Å²) in [5, 5.41) is 3.54. The molecule has 236 valence electrons. The summed E-state index contributed by atoms with van der Waals surface area (Å²) in [6.07, 6.45) is 3.49. The van der Waals surface area contributed by atoms with E-state index >= 15 is 0 Å². The van der Waals surface area contributed by atoms with Gasteiger partial charge in [-0.1, -0.05) is 67.4 Å². The molecule has 0 spiro atoms. The van der Waals surface area contributed by atoms with E-state index in [0.29, 0.717) is 48.4 Å². The monoisotopic (exact) mass is 641 g/mol. The van der Waals surface area contributed by atoms with Gasteiger partial charge in [0.15, 0.2) is 11.5 Å². The number of sulfonamides is 1. The molecule has 9 nitrogen and oxygen atoms in total. The third-order valence-electron chi connectivity index (χ3n) is 7.31. The molecule has 4 rings (SSSR count). The van der Waals surface area contributed by atoms with E-state index in [1.165, 1.54) is 4.31 Å². The van der Waals surface area contributed by atoms with Gasteiger partial charge in [0.05, 0.1) is 11.9 Å². The van der Waals surface area contributed by atoms with Gasteiger partial charge in [0.2, 0.25) is 21.8 Å². The van der Waals surface area contributed by atoms with Crippen molar-refractivity contribution in [1.82, 2.24) is 10.2 Å². The number of unbranched alkanes of at least 4 members (excludes halogenated alkanes) is 1. The number of hydrogen-bond donors (Lipinski definition) is 1. The van der Waals surface area contributed by atoms with Crippen LogP contribution in [0.5, 0.6) is 11.5 Å². The van der Waals surface area contributed by atoms with Gasteiger partial charge in [-0.25, -0.2) is 8.42 Å². The Morgan fingerprint density at radius 1 is 0.932 bits per heavy atom. The number of benzene rings is 3. The molecule has 11 heteroatoms. The lowest BCUT2D eigenvalue weighted by Gasteiger charge is -2.32. The van der Waals surface area contributed by atoms with E-state index in [0.717, 1.165) is 30.2 Å². The fourth-order valence-corrected chi connectivity index (χ4v) is 6.25. The number of carbonyl (C=O) groups is 2. The van der Waals surface area contributed by atoms with Crippen LogP contribution in [-0.4, -0.2) is 63.7 Å². The quantitative estimate of drug-likeness (QED) is 0.228. The molecule has 3 aromatic rings. The third-order valence-corrected chi connectivity index (χ3v) is 8.74. The third kappa shape index (κ3) is 9.37. The summed E-state index contributed by atoms with van der Waals surface area (Å²) in [7, 11) is -3.67. The Kier molecular flexibility index (Phi) is 11.9. The number of halogens is 1. The minimum Gasteiger partial charge on any atom is -0.486 e. The molecule has 3 aromatic carbocycles. The molecule has 44 heavy (non-hydrogen) atoms. The minimum atomic E-state index is -3.67. The van der Waals surface area contributed by atoms with Crippen molar-refractivity contribution in [3.8, 4) is 11.5 Å². The van der Waals surface area contributed by atoms with Crippen molar-refractivity contribution < 1.29 is 27.5 Å². The van der Waals surface area contributed by atoms with Crippen LogP contribution in [0.1, 0.15) is 43.7 Å². The minimum absolute atomic E-state index is 0.0324. The highest BCUT2D eigenvalue weighted by molar-refractivity contribution is 7.92. The van der Waals surface area contributed by atoms with E-state index in [2.05, 4.69) is 5.32 Å². The van der Waals surface area contributed by atoms with Crippen molar-refractivity contribution in [3.05, 3.63) is 88.9 Å². The molecule has 0 fully saturated rings. The average molecular weight is 642 g/mol. The summed E-state index contributed by atoms with van der Waals surface area (Å²) in [5.74, 6) is 0.546. The number of anilines is 1. The molecule has 1 atom stereocenters. The second-order valence-corrected chi connectivity index (χ2v) is 13.1. The molecule has 1 aliphatic heterocycles. The van der Waals surface area contributed by atoms with Crippen LogP contribution in [0.2, 0.25) is 5.02 Å². The second-order valence-electron chi connectivity index (χ2n) is 10.8. The highest BCUT2D eigenvalue weighted by atomic mass is 35.5. The molecule has 0 saturated heterocycles. The van der Waals surface area contributed by atoms with Crippen LogP contribution >= 0.6 is 11.6 Å². The van der Waals surface area contributed by atoms with Gasteiger partial charge in [-0.3, -0.25) is 13.9 Å². The van der Waals surface area contributed by atoms with Gasteiger partial charge >= 0.3 is 0 Å². The number of nitrogens with zero attached hydrogens (tertiary/aromatic N) is 2. The molecule has 1 N–H and O–H groups in total. The van der Waals surface area contributed by atoms with E-state index in [9.17, 15) is 18.0 Å². The molecule has 0 radical (unpaired) electrons. The van der Waals surface area contributed by atoms with Crippen LogP contribution < -0.4 is 19.1 Å². The van der Waals surface area contributed by atoms with Crippen molar-refractivity contribution in [1.29, 1.82) is 0 Å². The molecular formula is C33H40ClN3O6S. The molecular weight excluding hydrogens is 602 g/mol. The number of nitrogens with one attached hydrogen (secondary N) is 1. The summed E-state index contributed by atoms with van der Waals surface area (Å²) in [6.45, 7) is 3.61. The average Bonchev–Trinajstić information content (AvgIpc) is 3.00. The first-order valence-corrected chi connectivity index (χ1v) is 17.1. The van der Waals surface area contributed by atoms with Crippen molar-refractivity contribution in [2.24, 2.45) is 0 Å². The fourth-order valence-electron chi connectivity index (χ4n) is 5.08. The van der Waals surface area contributed by atoms with Gasteiger partial charge in [0.25, 0.3) is 0 Å². The number of ether oxygens (including phenoxy) is 2. The lowest BCUT2D eigenvalue weighted by Crippen LogP contribution is -2.50. The SMILES string of the molecule is CCCCNC(=O)[C@@H](Cc1ccccc1)N(Cc1cccc(Cl)c1)C(=O)CCCN(c1ccc2c(c1)OCCO2)S(C)(=O)=O. The van der Waals surface area contributed by atoms with E-state index in [-0.39, 0.29) is 37.7 Å². The van der Waals surface area contributed by atoms with Crippen molar-refractivity contribution in [2.75, 3.05) is 36.9 Å². The highest BCUT2D eigenvalue weighted by Crippen LogP contribution is 2.35. The van der Waals surface area contributed by atoms with E-state index < -0.39 is 16.1 Å². The van der Waals surface area contributed by atoms with Crippen molar-refractivity contribution >= 4 is 39.1 Å². The van der Waals surface area contributed by atoms with Crippen LogP contribution in [-0.2, 0) is 32.6 Å². The zero-order valence-electron chi connectivity index (χ0n) is 25.2. The number of carbonyl (C=O) groups excluding carboxylic acids is 2. The van der Waals surface area contributed by atoms with Gasteiger partial charge in [0, 0.05) is 43.6 Å². The summed E-state index contributed by atoms with van der Waals surface area (Å²) in [4.78, 5) is 29.2. The first-order chi connectivity index (χ1) is 21.2. The fraction of sp³-hybridized carbons (Fsp3) is 0.394. The first kappa shape index (κ1) is 33.1. The second kappa shape index (κ2) is 15.8. The topological polar surface area (TPSA) is 105 Å². The summed E-state index contributed by atoms with van der Waals surface area (Å²) >= 11 is 6.27. The largest absolute Gasteiger partial charge is 0.486 e. The molecule has 0 unspecified atom stereocenters. The Morgan fingerprint density at radius 2 is 1.66 bits per heavy atom. The zero-order chi connectivity index (χ0) is 31.5. The van der Waals surface area contributed by atoms with Crippen LogP contribution in [0.25, 0.3) is 0 Å².